The number of likely N-dealkylation sites (tertiary alicyclic amines) is 1. The third-order valence-corrected chi connectivity index (χ3v) is 6.38. The monoisotopic (exact) mass is 306 g/mol. The van der Waals surface area contributed by atoms with E-state index in [4.69, 9.17) is 12.3 Å². The average molecular weight is 307 g/mol. The van der Waals surface area contributed by atoms with Crippen molar-refractivity contribution in [2.45, 2.75) is 70.1 Å². The van der Waals surface area contributed by atoms with Crippen molar-refractivity contribution in [3.63, 3.8) is 0 Å². The van der Waals surface area contributed by atoms with Gasteiger partial charge in [-0.1, -0.05) is 44.7 Å². The van der Waals surface area contributed by atoms with Crippen molar-refractivity contribution >= 4 is 0 Å². The largest absolute Gasteiger partial charge is 0.303 e. The fourth-order valence-electron chi connectivity index (χ4n) is 5.42. The summed E-state index contributed by atoms with van der Waals surface area (Å²) >= 11 is 0. The molecule has 2 fully saturated rings. The summed E-state index contributed by atoms with van der Waals surface area (Å²) in [7, 11) is 2.17. The molecule has 1 nitrogen and oxygen atoms in total. The number of rotatable bonds is 2. The summed E-state index contributed by atoms with van der Waals surface area (Å²) in [6, 6.07) is 5.52. The minimum atomic E-state index is -3.32. The normalized spacial score (nSPS) is 42.7. The average Bonchev–Trinajstić information content (AvgIpc) is 2.68. The van der Waals surface area contributed by atoms with Crippen LogP contribution < -0.4 is 0 Å². The molecule has 22 heavy (non-hydrogen) atoms. The second kappa shape index (κ2) is 5.37. The molecule has 3 aliphatic rings. The summed E-state index contributed by atoms with van der Waals surface area (Å²) in [5.74, 6) is -2.80. The summed E-state index contributed by atoms with van der Waals surface area (Å²) in [6.07, 6.45) is 3.39. The Labute approximate surface area is 148 Å². The predicted octanol–water partition coefficient (Wildman–Crippen LogP) is 4.57. The van der Waals surface area contributed by atoms with Gasteiger partial charge in [-0.3, -0.25) is 0 Å². The van der Waals surface area contributed by atoms with Crippen molar-refractivity contribution in [3.05, 3.63) is 34.9 Å². The fourth-order valence-corrected chi connectivity index (χ4v) is 5.42. The third kappa shape index (κ3) is 2.16. The van der Waals surface area contributed by atoms with E-state index in [1.54, 1.807) is 6.07 Å². The van der Waals surface area contributed by atoms with Crippen molar-refractivity contribution in [1.29, 1.82) is 0 Å². The van der Waals surface area contributed by atoms with Crippen LogP contribution in [-0.2, 0) is 18.2 Å². The van der Waals surface area contributed by atoms with E-state index in [1.165, 1.54) is 12.5 Å². The van der Waals surface area contributed by atoms with E-state index in [-0.39, 0.29) is 11.0 Å². The summed E-state index contributed by atoms with van der Waals surface area (Å²) in [5, 5.41) is 0. The van der Waals surface area contributed by atoms with Gasteiger partial charge in [0, 0.05) is 23.8 Å². The van der Waals surface area contributed by atoms with Crippen LogP contribution in [0.2, 0.25) is 0 Å². The van der Waals surface area contributed by atoms with Crippen LogP contribution in [-0.4, -0.2) is 24.5 Å². The summed E-state index contributed by atoms with van der Waals surface area (Å²) in [4.78, 5) is 2.43. The maximum atomic E-state index is 8.64. The van der Waals surface area contributed by atoms with E-state index >= 15 is 0 Å². The van der Waals surface area contributed by atoms with Crippen LogP contribution in [0.1, 0.15) is 74.8 Å². The summed E-state index contributed by atoms with van der Waals surface area (Å²) in [5.41, 5.74) is 2.12. The molecule has 1 saturated carbocycles. The molecule has 3 atom stereocenters. The van der Waals surface area contributed by atoms with Crippen LogP contribution in [0.5, 0.6) is 0 Å². The predicted molar refractivity (Wildman–Crippen MR) is 93.4 cm³/mol. The van der Waals surface area contributed by atoms with Crippen LogP contribution in [0, 0.1) is 11.8 Å². The van der Waals surface area contributed by atoms with Gasteiger partial charge in [0.1, 0.15) is 0 Å². The third-order valence-electron chi connectivity index (χ3n) is 6.38. The Morgan fingerprint density at radius 1 is 1.41 bits per heavy atom. The zero-order valence-electron chi connectivity index (χ0n) is 22.3. The van der Waals surface area contributed by atoms with Gasteiger partial charge in [0.25, 0.3) is 0 Å². The topological polar surface area (TPSA) is 3.24 Å². The Balaban J connectivity index is 1.87. The lowest BCUT2D eigenvalue weighted by molar-refractivity contribution is 0.00281. The Kier molecular flexibility index (Phi) is 1.91. The van der Waals surface area contributed by atoms with Crippen molar-refractivity contribution in [2.24, 2.45) is 11.8 Å². The second-order valence-electron chi connectivity index (χ2n) is 7.38. The van der Waals surface area contributed by atoms with E-state index in [9.17, 15) is 0 Å². The smallest absolute Gasteiger partial charge is 0.0319 e. The molecule has 1 heteroatoms. The number of fused-ring (bicyclic) bond motifs is 1. The van der Waals surface area contributed by atoms with Gasteiger partial charge in [0.2, 0.25) is 0 Å². The van der Waals surface area contributed by atoms with E-state index in [0.717, 1.165) is 49.8 Å². The maximum Gasteiger partial charge on any atom is 0.0319 e. The van der Waals surface area contributed by atoms with Crippen LogP contribution in [0.25, 0.3) is 0 Å². The van der Waals surface area contributed by atoms with E-state index < -0.39 is 26.0 Å². The maximum absolute atomic E-state index is 8.64. The van der Waals surface area contributed by atoms with E-state index in [2.05, 4.69) is 11.9 Å². The standard InChI is InChI=1S/C21H31N/c1-15(2)12-16-7-8-17-14-20-18-6-4-5-9-21(18,19(17)13-16)10-11-22(20)3/h7-8,13,15,18,20H,4-6,9-12,14H2,1-3H3/t18-,20?,21-/m0/s1/i1D3,2D3,12D2,15D. The highest BCUT2D eigenvalue weighted by molar-refractivity contribution is 5.43. The van der Waals surface area contributed by atoms with Gasteiger partial charge in [-0.15, -0.1) is 0 Å². The molecule has 1 unspecified atom stereocenters. The van der Waals surface area contributed by atoms with E-state index in [0.29, 0.717) is 12.0 Å². The van der Waals surface area contributed by atoms with Gasteiger partial charge in [-0.2, -0.15) is 0 Å². The number of nitrogens with zero attached hydrogens (tertiary/aromatic N) is 1. The van der Waals surface area contributed by atoms with Crippen molar-refractivity contribution < 1.29 is 12.3 Å². The molecule has 0 N–H and O–H groups in total. The van der Waals surface area contributed by atoms with Gasteiger partial charge in [0.05, 0.1) is 0 Å². The molecule has 4 rings (SSSR count). The number of hydrogen-bond donors (Lipinski definition) is 0. The zero-order valence-corrected chi connectivity index (χ0v) is 13.3. The van der Waals surface area contributed by atoms with Gasteiger partial charge >= 0.3 is 0 Å². The first kappa shape index (κ1) is 7.83. The first-order valence-electron chi connectivity index (χ1n) is 13.0. The fraction of sp³-hybridized carbons (Fsp3) is 0.714. The molecule has 2 aliphatic carbocycles. The molecule has 2 bridgehead atoms. The molecule has 0 aromatic heterocycles. The molecule has 1 saturated heterocycles. The lowest BCUT2D eigenvalue weighted by Crippen LogP contribution is -2.59. The van der Waals surface area contributed by atoms with Gasteiger partial charge < -0.3 is 4.90 Å². The highest BCUT2D eigenvalue weighted by Gasteiger charge is 2.52. The molecule has 1 aromatic rings. The molecule has 1 aliphatic heterocycles. The SMILES string of the molecule is [2H]C([2H])([2H])C([2H])(C([2H])([2H])[2H])C([2H])([2H])c1ccc2c(c1)[C@]13CCCC[C@H]1C(C2)N(C)CC3. The van der Waals surface area contributed by atoms with Crippen LogP contribution >= 0.6 is 0 Å². The van der Waals surface area contributed by atoms with E-state index in [1.807, 2.05) is 6.07 Å². The summed E-state index contributed by atoms with van der Waals surface area (Å²) in [6.45, 7) is -5.67. The van der Waals surface area contributed by atoms with Gasteiger partial charge in [0.15, 0.2) is 0 Å². The Bertz CT molecular complexity index is 845. The highest BCUT2D eigenvalue weighted by Crippen LogP contribution is 2.55. The van der Waals surface area contributed by atoms with Gasteiger partial charge in [-0.25, -0.2) is 0 Å². The lowest BCUT2D eigenvalue weighted by atomic mass is 9.52. The Hall–Kier alpha value is -0.820. The number of piperidine rings is 1. The first-order valence-corrected chi connectivity index (χ1v) is 8.51. The number of benzene rings is 1. The molecule has 0 radical (unpaired) electrons. The van der Waals surface area contributed by atoms with Crippen LogP contribution in [0.15, 0.2) is 18.2 Å². The van der Waals surface area contributed by atoms with Crippen molar-refractivity contribution in [1.82, 2.24) is 4.90 Å². The number of likely N-dealkylation sites (N-methyl/N-ethyl adjacent to an activating group) is 1. The van der Waals surface area contributed by atoms with Crippen molar-refractivity contribution in [2.75, 3.05) is 13.6 Å². The Morgan fingerprint density at radius 3 is 3.18 bits per heavy atom. The number of hydrogen-bond acceptors (Lipinski definition) is 1. The minimum absolute atomic E-state index is 0.00965. The highest BCUT2D eigenvalue weighted by atomic mass is 15.1. The quantitative estimate of drug-likeness (QED) is 0.773. The molecule has 120 valence electrons. The zero-order chi connectivity index (χ0) is 23.0. The summed E-state index contributed by atoms with van der Waals surface area (Å²) < 4.78 is 72.2. The van der Waals surface area contributed by atoms with Crippen LogP contribution in [0.3, 0.4) is 0 Å². The Morgan fingerprint density at radius 2 is 2.32 bits per heavy atom. The molecule has 1 heterocycles. The molecule has 1 aromatic carbocycles. The minimum Gasteiger partial charge on any atom is -0.303 e. The molecule has 0 amide bonds. The molecular weight excluding hydrogens is 266 g/mol. The second-order valence-corrected chi connectivity index (χ2v) is 7.38. The van der Waals surface area contributed by atoms with Crippen LogP contribution in [0.4, 0.5) is 0 Å². The first-order chi connectivity index (χ1) is 14.2. The molecule has 0 spiro atoms. The van der Waals surface area contributed by atoms with Crippen molar-refractivity contribution in [3.8, 4) is 0 Å². The lowest BCUT2D eigenvalue weighted by Gasteiger charge is -2.58. The van der Waals surface area contributed by atoms with Gasteiger partial charge in [-0.05, 0) is 74.2 Å². The molecular formula is C21H31N.